The van der Waals surface area contributed by atoms with Crippen LogP contribution in [0.2, 0.25) is 0 Å². The first-order valence-corrected chi connectivity index (χ1v) is 5.81. The van der Waals surface area contributed by atoms with Crippen LogP contribution in [0.5, 0.6) is 11.5 Å². The fraction of sp³-hybridized carbons (Fsp3) is 0.385. The van der Waals surface area contributed by atoms with E-state index in [-0.39, 0.29) is 36.3 Å². The summed E-state index contributed by atoms with van der Waals surface area (Å²) in [6.07, 6.45) is -0.00581. The van der Waals surface area contributed by atoms with Gasteiger partial charge in [0.1, 0.15) is 0 Å². The Kier molecular flexibility index (Phi) is 5.17. The number of amides is 1. The van der Waals surface area contributed by atoms with Crippen molar-refractivity contribution in [2.24, 2.45) is 5.92 Å². The van der Waals surface area contributed by atoms with Gasteiger partial charge in [-0.25, -0.2) is 0 Å². The van der Waals surface area contributed by atoms with E-state index in [1.54, 1.807) is 6.92 Å². The number of carboxylic acids is 1. The average Bonchev–Trinajstić information content (AvgIpc) is 2.35. The molecule has 1 rings (SSSR count). The van der Waals surface area contributed by atoms with E-state index in [9.17, 15) is 14.7 Å². The van der Waals surface area contributed by atoms with Crippen LogP contribution in [0, 0.1) is 5.92 Å². The average molecular weight is 267 g/mol. The molecule has 1 aromatic rings. The van der Waals surface area contributed by atoms with Crippen molar-refractivity contribution in [2.45, 2.75) is 13.3 Å². The number of methoxy groups -OCH3 is 1. The fourth-order valence-corrected chi connectivity index (χ4v) is 1.57. The third kappa shape index (κ3) is 4.50. The Hall–Kier alpha value is -2.24. The predicted octanol–water partition coefficient (Wildman–Crippen LogP) is 1.24. The maximum Gasteiger partial charge on any atom is 0.303 e. The Morgan fingerprint density at radius 2 is 2.11 bits per heavy atom. The number of nitrogens with one attached hydrogen (secondary N) is 1. The Morgan fingerprint density at radius 1 is 1.42 bits per heavy atom. The smallest absolute Gasteiger partial charge is 0.303 e. The summed E-state index contributed by atoms with van der Waals surface area (Å²) in [5.41, 5.74) is 0.292. The monoisotopic (exact) mass is 267 g/mol. The highest BCUT2D eigenvalue weighted by molar-refractivity contribution is 5.94. The van der Waals surface area contributed by atoms with Crippen molar-refractivity contribution in [3.63, 3.8) is 0 Å². The largest absolute Gasteiger partial charge is 0.504 e. The first-order chi connectivity index (χ1) is 8.93. The van der Waals surface area contributed by atoms with Gasteiger partial charge in [-0.3, -0.25) is 9.59 Å². The number of rotatable bonds is 6. The molecule has 104 valence electrons. The molecule has 0 aliphatic rings. The van der Waals surface area contributed by atoms with E-state index in [4.69, 9.17) is 9.84 Å². The number of carboxylic acid groups (broad SMARTS) is 1. The maximum atomic E-state index is 11.8. The second-order valence-electron chi connectivity index (χ2n) is 4.30. The third-order valence-electron chi connectivity index (χ3n) is 2.58. The van der Waals surface area contributed by atoms with Crippen LogP contribution in [-0.2, 0) is 4.79 Å². The van der Waals surface area contributed by atoms with Gasteiger partial charge in [-0.2, -0.15) is 0 Å². The highest BCUT2D eigenvalue weighted by Crippen LogP contribution is 2.26. The minimum atomic E-state index is -0.899. The summed E-state index contributed by atoms with van der Waals surface area (Å²) < 4.78 is 4.87. The van der Waals surface area contributed by atoms with Gasteiger partial charge in [-0.1, -0.05) is 6.92 Å². The number of hydrogen-bond acceptors (Lipinski definition) is 4. The Morgan fingerprint density at radius 3 is 2.63 bits per heavy atom. The second-order valence-corrected chi connectivity index (χ2v) is 4.30. The van der Waals surface area contributed by atoms with Gasteiger partial charge < -0.3 is 20.3 Å². The molecule has 0 aliphatic heterocycles. The van der Waals surface area contributed by atoms with Gasteiger partial charge in [0.2, 0.25) is 0 Å². The number of aliphatic carboxylic acids is 1. The number of ether oxygens (including phenoxy) is 1. The maximum absolute atomic E-state index is 11.8. The summed E-state index contributed by atoms with van der Waals surface area (Å²) in [6, 6.07) is 4.32. The zero-order valence-corrected chi connectivity index (χ0v) is 10.8. The molecular formula is C13H17NO5. The van der Waals surface area contributed by atoms with Crippen molar-refractivity contribution >= 4 is 11.9 Å². The van der Waals surface area contributed by atoms with Crippen LogP contribution in [0.3, 0.4) is 0 Å². The molecule has 1 unspecified atom stereocenters. The van der Waals surface area contributed by atoms with E-state index in [1.807, 2.05) is 0 Å². The predicted molar refractivity (Wildman–Crippen MR) is 68.4 cm³/mol. The summed E-state index contributed by atoms with van der Waals surface area (Å²) >= 11 is 0. The molecule has 3 N–H and O–H groups in total. The van der Waals surface area contributed by atoms with Crippen molar-refractivity contribution in [2.75, 3.05) is 13.7 Å². The number of hydrogen-bond donors (Lipinski definition) is 3. The van der Waals surface area contributed by atoms with Gasteiger partial charge in [0.05, 0.1) is 7.11 Å². The molecule has 19 heavy (non-hydrogen) atoms. The quantitative estimate of drug-likeness (QED) is 0.720. The van der Waals surface area contributed by atoms with Crippen molar-refractivity contribution in [1.82, 2.24) is 5.32 Å². The molecule has 6 heteroatoms. The van der Waals surface area contributed by atoms with E-state index in [0.717, 1.165) is 0 Å². The van der Waals surface area contributed by atoms with Crippen LogP contribution in [0.25, 0.3) is 0 Å². The molecule has 0 radical (unpaired) electrons. The van der Waals surface area contributed by atoms with Crippen LogP contribution in [0.1, 0.15) is 23.7 Å². The molecule has 0 heterocycles. The Bertz CT molecular complexity index is 472. The van der Waals surface area contributed by atoms with E-state index in [2.05, 4.69) is 5.32 Å². The molecule has 6 nitrogen and oxygen atoms in total. The molecule has 0 aliphatic carbocycles. The lowest BCUT2D eigenvalue weighted by molar-refractivity contribution is -0.137. The molecule has 0 bridgehead atoms. The Labute approximate surface area is 111 Å². The highest BCUT2D eigenvalue weighted by Gasteiger charge is 2.12. The van der Waals surface area contributed by atoms with E-state index in [0.29, 0.717) is 5.56 Å². The van der Waals surface area contributed by atoms with E-state index < -0.39 is 5.97 Å². The van der Waals surface area contributed by atoms with Gasteiger partial charge in [0.15, 0.2) is 11.5 Å². The lowest BCUT2D eigenvalue weighted by atomic mass is 10.1. The lowest BCUT2D eigenvalue weighted by Gasteiger charge is -2.11. The first-order valence-electron chi connectivity index (χ1n) is 5.81. The van der Waals surface area contributed by atoms with E-state index in [1.165, 1.54) is 25.3 Å². The highest BCUT2D eigenvalue weighted by atomic mass is 16.5. The number of phenolic OH excluding ortho intramolecular Hbond substituents is 1. The zero-order valence-electron chi connectivity index (χ0n) is 10.8. The van der Waals surface area contributed by atoms with Gasteiger partial charge in [-0.05, 0) is 24.1 Å². The van der Waals surface area contributed by atoms with E-state index >= 15 is 0 Å². The number of phenols is 1. The molecule has 0 saturated carbocycles. The number of aromatic hydroxyl groups is 1. The standard InChI is InChI=1S/C13H17NO5/c1-8(5-12(16)17)7-14-13(18)9-3-4-11(19-2)10(15)6-9/h3-4,6,8,15H,5,7H2,1-2H3,(H,14,18)(H,16,17). The first kappa shape index (κ1) is 14.8. The van der Waals surface area contributed by atoms with Crippen LogP contribution in [-0.4, -0.2) is 35.7 Å². The summed E-state index contributed by atoms with van der Waals surface area (Å²) in [4.78, 5) is 22.3. The minimum Gasteiger partial charge on any atom is -0.504 e. The summed E-state index contributed by atoms with van der Waals surface area (Å²) in [7, 11) is 1.42. The van der Waals surface area contributed by atoms with Crippen molar-refractivity contribution in [3.8, 4) is 11.5 Å². The van der Waals surface area contributed by atoms with Gasteiger partial charge in [-0.15, -0.1) is 0 Å². The molecule has 1 atom stereocenters. The molecule has 0 saturated heterocycles. The number of benzene rings is 1. The zero-order chi connectivity index (χ0) is 14.4. The molecule has 0 aromatic heterocycles. The molecular weight excluding hydrogens is 250 g/mol. The van der Waals surface area contributed by atoms with Crippen molar-refractivity contribution in [1.29, 1.82) is 0 Å². The van der Waals surface area contributed by atoms with Crippen molar-refractivity contribution in [3.05, 3.63) is 23.8 Å². The molecule has 0 spiro atoms. The van der Waals surface area contributed by atoms with Gasteiger partial charge in [0, 0.05) is 18.5 Å². The van der Waals surface area contributed by atoms with Gasteiger partial charge >= 0.3 is 5.97 Å². The van der Waals surface area contributed by atoms with Crippen LogP contribution < -0.4 is 10.1 Å². The molecule has 0 fully saturated rings. The molecule has 1 amide bonds. The third-order valence-corrected chi connectivity index (χ3v) is 2.58. The number of carbonyl (C=O) groups is 2. The summed E-state index contributed by atoms with van der Waals surface area (Å²) in [6.45, 7) is 2.00. The van der Waals surface area contributed by atoms with Crippen molar-refractivity contribution < 1.29 is 24.5 Å². The second kappa shape index (κ2) is 6.63. The fourth-order valence-electron chi connectivity index (χ4n) is 1.57. The summed E-state index contributed by atoms with van der Waals surface area (Å²) in [5.74, 6) is -1.25. The SMILES string of the molecule is COc1ccc(C(=O)NCC(C)CC(=O)O)cc1O. The topological polar surface area (TPSA) is 95.9 Å². The van der Waals surface area contributed by atoms with Gasteiger partial charge in [0.25, 0.3) is 5.91 Å². The van der Waals surface area contributed by atoms with Crippen LogP contribution in [0.15, 0.2) is 18.2 Å². The number of carbonyl (C=O) groups excluding carboxylic acids is 1. The molecule has 1 aromatic carbocycles. The normalized spacial score (nSPS) is 11.7. The Balaban J connectivity index is 2.59. The summed E-state index contributed by atoms with van der Waals surface area (Å²) in [5, 5.41) is 20.8. The van der Waals surface area contributed by atoms with Crippen LogP contribution >= 0.6 is 0 Å². The minimum absolute atomic E-state index is 0.00581. The lowest BCUT2D eigenvalue weighted by Crippen LogP contribution is -2.29. The van der Waals surface area contributed by atoms with Crippen LogP contribution in [0.4, 0.5) is 0 Å².